The van der Waals surface area contributed by atoms with Crippen molar-refractivity contribution < 1.29 is 9.90 Å². The molecule has 0 atom stereocenters. The normalized spacial score (nSPS) is 20.7. The summed E-state index contributed by atoms with van der Waals surface area (Å²) in [5.41, 5.74) is 0. The summed E-state index contributed by atoms with van der Waals surface area (Å²) in [5.74, 6) is 0. The highest BCUT2D eigenvalue weighted by molar-refractivity contribution is 5.64. The lowest BCUT2D eigenvalue weighted by molar-refractivity contribution is 0.188. The lowest BCUT2D eigenvalue weighted by Crippen LogP contribution is -2.32. The van der Waals surface area contributed by atoms with Gasteiger partial charge in [-0.25, -0.2) is 4.79 Å². The molecule has 0 radical (unpaired) electrons. The van der Waals surface area contributed by atoms with Crippen LogP contribution in [0.1, 0.15) is 38.5 Å². The van der Waals surface area contributed by atoms with Crippen LogP contribution in [0, 0.1) is 0 Å². The minimum Gasteiger partial charge on any atom is -0.465 e. The molecule has 0 spiro atoms. The highest BCUT2D eigenvalue weighted by Gasteiger charge is 2.12. The van der Waals surface area contributed by atoms with E-state index >= 15 is 0 Å². The van der Waals surface area contributed by atoms with Crippen LogP contribution < -0.4 is 5.32 Å². The number of amides is 1. The first-order valence-corrected chi connectivity index (χ1v) is 4.28. The first kappa shape index (κ1) is 8.37. The second-order valence-electron chi connectivity index (χ2n) is 3.14. The topological polar surface area (TPSA) is 49.3 Å². The van der Waals surface area contributed by atoms with Gasteiger partial charge in [-0.1, -0.05) is 25.7 Å². The number of carbonyl (C=O) groups is 1. The Hall–Kier alpha value is -0.730. The van der Waals surface area contributed by atoms with Crippen molar-refractivity contribution >= 4 is 6.09 Å². The highest BCUT2D eigenvalue weighted by atomic mass is 16.4. The van der Waals surface area contributed by atoms with Crippen molar-refractivity contribution in [1.29, 1.82) is 0 Å². The molecule has 3 heteroatoms. The molecule has 1 rings (SSSR count). The van der Waals surface area contributed by atoms with Gasteiger partial charge >= 0.3 is 6.09 Å². The van der Waals surface area contributed by atoms with Crippen molar-refractivity contribution in [2.45, 2.75) is 44.6 Å². The van der Waals surface area contributed by atoms with Crippen LogP contribution in [0.3, 0.4) is 0 Å². The molecule has 0 bridgehead atoms. The molecule has 3 nitrogen and oxygen atoms in total. The fourth-order valence-corrected chi connectivity index (χ4v) is 1.60. The van der Waals surface area contributed by atoms with E-state index in [4.69, 9.17) is 5.11 Å². The predicted molar refractivity (Wildman–Crippen MR) is 42.7 cm³/mol. The summed E-state index contributed by atoms with van der Waals surface area (Å²) in [6, 6.07) is 0.218. The molecule has 0 aromatic rings. The second-order valence-corrected chi connectivity index (χ2v) is 3.14. The molecule has 11 heavy (non-hydrogen) atoms. The van der Waals surface area contributed by atoms with E-state index < -0.39 is 6.09 Å². The molecule has 0 aliphatic heterocycles. The predicted octanol–water partition coefficient (Wildman–Crippen LogP) is 1.98. The largest absolute Gasteiger partial charge is 0.465 e. The van der Waals surface area contributed by atoms with E-state index in [1.807, 2.05) is 0 Å². The Kier molecular flexibility index (Phi) is 3.20. The quantitative estimate of drug-likeness (QED) is 0.572. The summed E-state index contributed by atoms with van der Waals surface area (Å²) in [4.78, 5) is 10.3. The van der Waals surface area contributed by atoms with Crippen molar-refractivity contribution in [3.63, 3.8) is 0 Å². The van der Waals surface area contributed by atoms with E-state index in [0.29, 0.717) is 0 Å². The number of nitrogens with one attached hydrogen (secondary N) is 1. The van der Waals surface area contributed by atoms with Crippen molar-refractivity contribution in [3.8, 4) is 0 Å². The molecule has 1 saturated carbocycles. The van der Waals surface area contributed by atoms with Gasteiger partial charge in [-0.3, -0.25) is 0 Å². The molecule has 1 fully saturated rings. The molecule has 0 aromatic heterocycles. The molecule has 2 N–H and O–H groups in total. The molecule has 0 heterocycles. The Balaban J connectivity index is 2.25. The first-order chi connectivity index (χ1) is 5.29. The fourth-order valence-electron chi connectivity index (χ4n) is 1.60. The van der Waals surface area contributed by atoms with Gasteiger partial charge in [0.2, 0.25) is 0 Å². The Morgan fingerprint density at radius 1 is 1.18 bits per heavy atom. The number of hydrogen-bond donors (Lipinski definition) is 2. The van der Waals surface area contributed by atoms with E-state index in [1.165, 1.54) is 25.7 Å². The zero-order chi connectivity index (χ0) is 8.10. The van der Waals surface area contributed by atoms with E-state index in [9.17, 15) is 4.79 Å². The molecular weight excluding hydrogens is 142 g/mol. The van der Waals surface area contributed by atoms with Gasteiger partial charge in [0.1, 0.15) is 0 Å². The van der Waals surface area contributed by atoms with Crippen molar-refractivity contribution in [3.05, 3.63) is 0 Å². The van der Waals surface area contributed by atoms with E-state index in [1.54, 1.807) is 0 Å². The third-order valence-electron chi connectivity index (χ3n) is 2.18. The molecule has 1 aliphatic carbocycles. The number of rotatable bonds is 1. The summed E-state index contributed by atoms with van der Waals surface area (Å²) in [6.07, 6.45) is 6.03. The summed E-state index contributed by atoms with van der Waals surface area (Å²) in [6.45, 7) is 0. The third-order valence-corrected chi connectivity index (χ3v) is 2.18. The van der Waals surface area contributed by atoms with Crippen LogP contribution in [0.15, 0.2) is 0 Å². The monoisotopic (exact) mass is 157 g/mol. The molecule has 0 unspecified atom stereocenters. The highest BCUT2D eigenvalue weighted by Crippen LogP contribution is 2.16. The molecule has 0 saturated heterocycles. The molecule has 64 valence electrons. The summed E-state index contributed by atoms with van der Waals surface area (Å²) >= 11 is 0. The molecular formula is C8H15NO2. The minimum absolute atomic E-state index is 0.218. The fraction of sp³-hybridized carbons (Fsp3) is 0.875. The smallest absolute Gasteiger partial charge is 0.404 e. The molecule has 0 aromatic carbocycles. The van der Waals surface area contributed by atoms with Gasteiger partial charge < -0.3 is 10.4 Å². The van der Waals surface area contributed by atoms with Gasteiger partial charge in [0.15, 0.2) is 0 Å². The van der Waals surface area contributed by atoms with Gasteiger partial charge in [0.05, 0.1) is 0 Å². The van der Waals surface area contributed by atoms with E-state index in [-0.39, 0.29) is 6.04 Å². The average Bonchev–Trinajstić information content (AvgIpc) is 2.14. The lowest BCUT2D eigenvalue weighted by Gasteiger charge is -2.12. The van der Waals surface area contributed by atoms with Crippen LogP contribution >= 0.6 is 0 Å². The number of carboxylic acid groups (broad SMARTS) is 1. The maximum Gasteiger partial charge on any atom is 0.404 e. The summed E-state index contributed by atoms with van der Waals surface area (Å²) in [5, 5.41) is 11.0. The zero-order valence-electron chi connectivity index (χ0n) is 6.68. The third kappa shape index (κ3) is 3.25. The SMILES string of the molecule is O=C(O)NC1CCCCCC1. The first-order valence-electron chi connectivity index (χ1n) is 4.28. The van der Waals surface area contributed by atoms with Gasteiger partial charge in [0.25, 0.3) is 0 Å². The number of hydrogen-bond acceptors (Lipinski definition) is 1. The van der Waals surface area contributed by atoms with E-state index in [0.717, 1.165) is 12.8 Å². The maximum absolute atomic E-state index is 10.3. The van der Waals surface area contributed by atoms with Crippen molar-refractivity contribution in [1.82, 2.24) is 5.32 Å². The van der Waals surface area contributed by atoms with Crippen molar-refractivity contribution in [2.75, 3.05) is 0 Å². The van der Waals surface area contributed by atoms with Crippen LogP contribution in [0.2, 0.25) is 0 Å². The van der Waals surface area contributed by atoms with Crippen LogP contribution in [0.25, 0.3) is 0 Å². The molecule has 1 aliphatic rings. The van der Waals surface area contributed by atoms with Gasteiger partial charge in [0, 0.05) is 6.04 Å². The van der Waals surface area contributed by atoms with Crippen LogP contribution in [-0.4, -0.2) is 17.2 Å². The van der Waals surface area contributed by atoms with E-state index in [2.05, 4.69) is 5.32 Å². The summed E-state index contributed by atoms with van der Waals surface area (Å²) < 4.78 is 0. The molecule has 1 amide bonds. The summed E-state index contributed by atoms with van der Waals surface area (Å²) in [7, 11) is 0. The van der Waals surface area contributed by atoms with Crippen LogP contribution in [0.5, 0.6) is 0 Å². The van der Waals surface area contributed by atoms with Crippen LogP contribution in [0.4, 0.5) is 4.79 Å². The Morgan fingerprint density at radius 3 is 2.18 bits per heavy atom. The van der Waals surface area contributed by atoms with Gasteiger partial charge in [-0.05, 0) is 12.8 Å². The van der Waals surface area contributed by atoms with Crippen molar-refractivity contribution in [2.24, 2.45) is 0 Å². The Labute approximate surface area is 66.8 Å². The minimum atomic E-state index is -0.878. The maximum atomic E-state index is 10.3. The van der Waals surface area contributed by atoms with Gasteiger partial charge in [-0.15, -0.1) is 0 Å². The Morgan fingerprint density at radius 2 is 1.73 bits per heavy atom. The zero-order valence-corrected chi connectivity index (χ0v) is 6.68. The lowest BCUT2D eigenvalue weighted by atomic mass is 10.1. The average molecular weight is 157 g/mol. The van der Waals surface area contributed by atoms with Gasteiger partial charge in [-0.2, -0.15) is 0 Å². The second kappa shape index (κ2) is 4.21. The Bertz CT molecular complexity index is 128. The standard InChI is InChI=1S/C8H15NO2/c10-8(11)9-7-5-3-1-2-4-6-7/h7,9H,1-6H2,(H,10,11). The van der Waals surface area contributed by atoms with Crippen LogP contribution in [-0.2, 0) is 0 Å².